The summed E-state index contributed by atoms with van der Waals surface area (Å²) in [6.45, 7) is 12.1. The normalized spacial score (nSPS) is 27.0. The molecule has 3 atom stereocenters. The van der Waals surface area contributed by atoms with Gasteiger partial charge in [0.25, 0.3) is 0 Å². The number of likely N-dealkylation sites (N-methyl/N-ethyl adjacent to an activating group) is 1. The lowest BCUT2D eigenvalue weighted by molar-refractivity contribution is 0.00244. The van der Waals surface area contributed by atoms with Crippen molar-refractivity contribution in [2.24, 2.45) is 0 Å². The summed E-state index contributed by atoms with van der Waals surface area (Å²) in [5, 5.41) is 0. The first kappa shape index (κ1) is 21.1. The molecule has 25 heavy (non-hydrogen) atoms. The molecule has 5 heteroatoms. The van der Waals surface area contributed by atoms with Gasteiger partial charge in [-0.2, -0.15) is 0 Å². The summed E-state index contributed by atoms with van der Waals surface area (Å²) in [6.07, 6.45) is 8.05. The summed E-state index contributed by atoms with van der Waals surface area (Å²) in [5.74, 6) is 0. The molecular formula is C20H40N2O3. The molecule has 0 aromatic carbocycles. The Hall–Kier alpha value is -0.200. The van der Waals surface area contributed by atoms with Crippen LogP contribution in [0.15, 0.2) is 0 Å². The van der Waals surface area contributed by atoms with Crippen molar-refractivity contribution in [1.82, 2.24) is 9.80 Å². The molecule has 0 N–H and O–H groups in total. The zero-order chi connectivity index (χ0) is 17.9. The summed E-state index contributed by atoms with van der Waals surface area (Å²) in [5.41, 5.74) is 0. The number of morpholine rings is 1. The molecule has 2 rings (SSSR count). The molecule has 0 aromatic heterocycles. The Morgan fingerprint density at radius 3 is 2.64 bits per heavy atom. The molecule has 0 saturated carbocycles. The minimum absolute atomic E-state index is 0.361. The molecule has 2 aliphatic rings. The van der Waals surface area contributed by atoms with E-state index < -0.39 is 0 Å². The van der Waals surface area contributed by atoms with Crippen LogP contribution in [0.4, 0.5) is 0 Å². The second-order valence-corrected chi connectivity index (χ2v) is 7.66. The van der Waals surface area contributed by atoms with Crippen LogP contribution in [0.3, 0.4) is 0 Å². The quantitative estimate of drug-likeness (QED) is 0.537. The molecular weight excluding hydrogens is 316 g/mol. The van der Waals surface area contributed by atoms with Crippen molar-refractivity contribution in [2.45, 2.75) is 70.6 Å². The molecule has 5 nitrogen and oxygen atoms in total. The van der Waals surface area contributed by atoms with Crippen LogP contribution >= 0.6 is 0 Å². The number of unbranched alkanes of at least 4 members (excludes halogenated alkanes) is 1. The number of ether oxygens (including phenoxy) is 3. The van der Waals surface area contributed by atoms with Gasteiger partial charge in [0.05, 0.1) is 38.6 Å². The minimum atomic E-state index is 0.361. The molecule has 0 aromatic rings. The Bertz CT molecular complexity index is 337. The highest BCUT2D eigenvalue weighted by Crippen LogP contribution is 2.21. The SMILES string of the molecule is CCCCC(CCC)OCC1CC(OCCN2CCOCC2)CN1C. The van der Waals surface area contributed by atoms with E-state index in [0.29, 0.717) is 18.2 Å². The highest BCUT2D eigenvalue weighted by atomic mass is 16.5. The summed E-state index contributed by atoms with van der Waals surface area (Å²) < 4.78 is 17.8. The summed E-state index contributed by atoms with van der Waals surface area (Å²) >= 11 is 0. The van der Waals surface area contributed by atoms with Gasteiger partial charge in [0, 0.05) is 32.2 Å². The van der Waals surface area contributed by atoms with Gasteiger partial charge in [0.15, 0.2) is 0 Å². The van der Waals surface area contributed by atoms with E-state index in [1.54, 1.807) is 0 Å². The lowest BCUT2D eigenvalue weighted by atomic mass is 10.1. The van der Waals surface area contributed by atoms with E-state index in [1.165, 1.54) is 32.1 Å². The van der Waals surface area contributed by atoms with Crippen molar-refractivity contribution in [3.05, 3.63) is 0 Å². The van der Waals surface area contributed by atoms with Crippen LogP contribution in [0.2, 0.25) is 0 Å². The second kappa shape index (κ2) is 12.2. The van der Waals surface area contributed by atoms with E-state index in [4.69, 9.17) is 14.2 Å². The Balaban J connectivity index is 1.62. The van der Waals surface area contributed by atoms with Crippen molar-refractivity contribution < 1.29 is 14.2 Å². The van der Waals surface area contributed by atoms with E-state index in [0.717, 1.165) is 59.0 Å². The third-order valence-electron chi connectivity index (χ3n) is 5.53. The van der Waals surface area contributed by atoms with E-state index in [1.807, 2.05) is 0 Å². The second-order valence-electron chi connectivity index (χ2n) is 7.66. The summed E-state index contributed by atoms with van der Waals surface area (Å²) in [7, 11) is 2.21. The Morgan fingerprint density at radius 2 is 1.92 bits per heavy atom. The van der Waals surface area contributed by atoms with Crippen molar-refractivity contribution in [3.63, 3.8) is 0 Å². The number of rotatable bonds is 12. The number of nitrogens with zero attached hydrogens (tertiary/aromatic N) is 2. The minimum Gasteiger partial charge on any atom is -0.379 e. The number of likely N-dealkylation sites (tertiary alicyclic amines) is 1. The molecule has 2 aliphatic heterocycles. The number of hydrogen-bond donors (Lipinski definition) is 0. The Labute approximate surface area is 155 Å². The van der Waals surface area contributed by atoms with Gasteiger partial charge in [-0.15, -0.1) is 0 Å². The van der Waals surface area contributed by atoms with Crippen molar-refractivity contribution in [1.29, 1.82) is 0 Å². The monoisotopic (exact) mass is 356 g/mol. The van der Waals surface area contributed by atoms with Crippen molar-refractivity contribution in [3.8, 4) is 0 Å². The largest absolute Gasteiger partial charge is 0.379 e. The molecule has 0 aliphatic carbocycles. The third-order valence-corrected chi connectivity index (χ3v) is 5.53. The van der Waals surface area contributed by atoms with Gasteiger partial charge in [-0.1, -0.05) is 33.1 Å². The van der Waals surface area contributed by atoms with Crippen LogP contribution in [0.25, 0.3) is 0 Å². The van der Waals surface area contributed by atoms with E-state index in [2.05, 4.69) is 30.7 Å². The third kappa shape index (κ3) is 7.92. The molecule has 2 heterocycles. The van der Waals surface area contributed by atoms with Crippen LogP contribution in [-0.4, -0.2) is 87.7 Å². The average Bonchev–Trinajstić information content (AvgIpc) is 2.98. The molecule has 0 spiro atoms. The maximum Gasteiger partial charge on any atom is 0.0718 e. The van der Waals surface area contributed by atoms with Gasteiger partial charge in [-0.3, -0.25) is 9.80 Å². The molecule has 0 bridgehead atoms. The molecule has 3 unspecified atom stereocenters. The van der Waals surface area contributed by atoms with Gasteiger partial charge in [-0.25, -0.2) is 0 Å². The summed E-state index contributed by atoms with van der Waals surface area (Å²) in [4.78, 5) is 4.86. The fraction of sp³-hybridized carbons (Fsp3) is 1.00. The highest BCUT2D eigenvalue weighted by molar-refractivity contribution is 4.84. The zero-order valence-electron chi connectivity index (χ0n) is 16.8. The standard InChI is InChI=1S/C20H40N2O3/c1-4-6-8-19(7-5-2)25-17-18-15-20(16-21(18)3)24-14-11-22-9-12-23-13-10-22/h18-20H,4-17H2,1-3H3. The number of hydrogen-bond acceptors (Lipinski definition) is 5. The van der Waals surface area contributed by atoms with Gasteiger partial charge in [0.2, 0.25) is 0 Å². The predicted molar refractivity (Wildman–Crippen MR) is 102 cm³/mol. The lowest BCUT2D eigenvalue weighted by Gasteiger charge is -2.26. The van der Waals surface area contributed by atoms with Crippen LogP contribution in [-0.2, 0) is 14.2 Å². The van der Waals surface area contributed by atoms with Crippen molar-refractivity contribution in [2.75, 3.05) is 59.7 Å². The van der Waals surface area contributed by atoms with Gasteiger partial charge in [-0.05, 0) is 26.3 Å². The van der Waals surface area contributed by atoms with Crippen LogP contribution < -0.4 is 0 Å². The molecule has 148 valence electrons. The first-order chi connectivity index (χ1) is 12.2. The molecule has 0 amide bonds. The van der Waals surface area contributed by atoms with Crippen LogP contribution in [0.1, 0.15) is 52.4 Å². The maximum atomic E-state index is 6.27. The Morgan fingerprint density at radius 1 is 1.12 bits per heavy atom. The maximum absolute atomic E-state index is 6.27. The van der Waals surface area contributed by atoms with E-state index >= 15 is 0 Å². The van der Waals surface area contributed by atoms with Gasteiger partial charge >= 0.3 is 0 Å². The van der Waals surface area contributed by atoms with Crippen LogP contribution in [0.5, 0.6) is 0 Å². The van der Waals surface area contributed by atoms with E-state index in [-0.39, 0.29) is 0 Å². The lowest BCUT2D eigenvalue weighted by Crippen LogP contribution is -2.38. The topological polar surface area (TPSA) is 34.2 Å². The fourth-order valence-corrected chi connectivity index (χ4v) is 3.83. The first-order valence-corrected chi connectivity index (χ1v) is 10.5. The molecule has 2 saturated heterocycles. The zero-order valence-corrected chi connectivity index (χ0v) is 16.8. The first-order valence-electron chi connectivity index (χ1n) is 10.5. The Kier molecular flexibility index (Phi) is 10.3. The highest BCUT2D eigenvalue weighted by Gasteiger charge is 2.30. The molecule has 2 fully saturated rings. The average molecular weight is 357 g/mol. The van der Waals surface area contributed by atoms with Gasteiger partial charge < -0.3 is 14.2 Å². The predicted octanol–water partition coefficient (Wildman–Crippen LogP) is 2.78. The summed E-state index contributed by atoms with van der Waals surface area (Å²) in [6, 6.07) is 0.509. The van der Waals surface area contributed by atoms with Crippen molar-refractivity contribution >= 4 is 0 Å². The fourth-order valence-electron chi connectivity index (χ4n) is 3.83. The van der Waals surface area contributed by atoms with Crippen LogP contribution in [0, 0.1) is 0 Å². The molecule has 0 radical (unpaired) electrons. The van der Waals surface area contributed by atoms with Gasteiger partial charge in [0.1, 0.15) is 0 Å². The smallest absolute Gasteiger partial charge is 0.0718 e. The van der Waals surface area contributed by atoms with E-state index in [9.17, 15) is 0 Å².